The molecule has 0 atom stereocenters. The lowest BCUT2D eigenvalue weighted by Crippen LogP contribution is -2.06. The highest BCUT2D eigenvalue weighted by molar-refractivity contribution is 5.43. The molecule has 0 amide bonds. The smallest absolute Gasteiger partial charge is 0.160 e. The van der Waals surface area contributed by atoms with E-state index in [1.165, 1.54) is 0 Å². The van der Waals surface area contributed by atoms with E-state index in [0.717, 1.165) is 11.1 Å². The van der Waals surface area contributed by atoms with Gasteiger partial charge in [0.2, 0.25) is 0 Å². The summed E-state index contributed by atoms with van der Waals surface area (Å²) < 4.78 is 0. The maximum absolute atomic E-state index is 8.91. The Morgan fingerprint density at radius 3 is 1.68 bits per heavy atom. The summed E-state index contributed by atoms with van der Waals surface area (Å²) in [6.45, 7) is 0. The molecule has 0 fully saturated rings. The lowest BCUT2D eigenvalue weighted by Gasteiger charge is -2.15. The molecule has 0 saturated carbocycles. The molecule has 6 nitrogen and oxygen atoms in total. The molecule has 1 heterocycles. The van der Waals surface area contributed by atoms with Gasteiger partial charge in [0, 0.05) is 0 Å². The number of nitrogens with one attached hydrogen (secondary N) is 1. The molecule has 0 aliphatic carbocycles. The van der Waals surface area contributed by atoms with Gasteiger partial charge in [-0.05, 0) is 45.8 Å². The van der Waals surface area contributed by atoms with Gasteiger partial charge in [0.25, 0.3) is 0 Å². The maximum Gasteiger partial charge on any atom is 0.160 e. The topological polar surface area (TPSA) is 102 Å². The zero-order valence-corrected chi connectivity index (χ0v) is 11.4. The standard InChI is InChI=1S/C16H10N6/c17-9-11-1-5-13(6-2-11)15(16-19-21-22-20-16)14-7-3-12(10-18)4-8-14/h1-8,15H,(H,19,20,21,22). The fourth-order valence-electron chi connectivity index (χ4n) is 2.30. The van der Waals surface area contributed by atoms with E-state index in [1.807, 2.05) is 24.3 Å². The molecule has 0 aliphatic rings. The predicted molar refractivity (Wildman–Crippen MR) is 77.4 cm³/mol. The Kier molecular flexibility index (Phi) is 3.59. The number of aromatic nitrogens is 4. The van der Waals surface area contributed by atoms with Crippen molar-refractivity contribution < 1.29 is 0 Å². The quantitative estimate of drug-likeness (QED) is 0.794. The molecule has 0 aliphatic heterocycles. The van der Waals surface area contributed by atoms with Gasteiger partial charge in [-0.15, -0.1) is 5.10 Å². The summed E-state index contributed by atoms with van der Waals surface area (Å²) in [6, 6.07) is 18.8. The molecule has 2 aromatic carbocycles. The summed E-state index contributed by atoms with van der Waals surface area (Å²) in [5.74, 6) is 0.421. The van der Waals surface area contributed by atoms with E-state index in [4.69, 9.17) is 10.5 Å². The van der Waals surface area contributed by atoms with Crippen LogP contribution in [0, 0.1) is 22.7 Å². The van der Waals surface area contributed by atoms with Crippen LogP contribution in [0.5, 0.6) is 0 Å². The van der Waals surface area contributed by atoms with Gasteiger partial charge in [-0.2, -0.15) is 10.5 Å². The Bertz CT molecular complexity index is 778. The van der Waals surface area contributed by atoms with Crippen molar-refractivity contribution in [1.82, 2.24) is 20.6 Å². The second-order valence-electron chi connectivity index (χ2n) is 4.69. The predicted octanol–water partition coefficient (Wildman–Crippen LogP) is 2.12. The van der Waals surface area contributed by atoms with Crippen LogP contribution >= 0.6 is 0 Å². The third-order valence-corrected chi connectivity index (χ3v) is 3.38. The van der Waals surface area contributed by atoms with Crippen molar-refractivity contribution in [2.45, 2.75) is 5.92 Å². The number of benzene rings is 2. The Balaban J connectivity index is 2.07. The van der Waals surface area contributed by atoms with Gasteiger partial charge in [-0.3, -0.25) is 0 Å². The van der Waals surface area contributed by atoms with Crippen LogP contribution in [-0.4, -0.2) is 20.6 Å². The molecule has 0 bridgehead atoms. The Hall–Kier alpha value is -3.51. The lowest BCUT2D eigenvalue weighted by molar-refractivity contribution is 0.861. The van der Waals surface area contributed by atoms with Crippen LogP contribution in [-0.2, 0) is 0 Å². The molecule has 1 aromatic heterocycles. The minimum atomic E-state index is -0.185. The van der Waals surface area contributed by atoms with Gasteiger partial charge in [0.15, 0.2) is 5.82 Å². The van der Waals surface area contributed by atoms with Gasteiger partial charge in [-0.1, -0.05) is 24.3 Å². The first-order chi connectivity index (χ1) is 10.8. The highest BCUT2D eigenvalue weighted by Crippen LogP contribution is 2.29. The second kappa shape index (κ2) is 5.86. The molecular weight excluding hydrogens is 276 g/mol. The minimum Gasteiger partial charge on any atom is -0.242 e. The summed E-state index contributed by atoms with van der Waals surface area (Å²) in [5, 5.41) is 31.9. The number of aromatic amines is 1. The summed E-state index contributed by atoms with van der Waals surface area (Å²) in [4.78, 5) is 0. The van der Waals surface area contributed by atoms with Crippen molar-refractivity contribution >= 4 is 0 Å². The fraction of sp³-hybridized carbons (Fsp3) is 0.0625. The molecule has 3 rings (SSSR count). The summed E-state index contributed by atoms with van der Waals surface area (Å²) in [7, 11) is 0. The van der Waals surface area contributed by atoms with Crippen molar-refractivity contribution in [3.8, 4) is 12.1 Å². The molecular formula is C16H10N6. The van der Waals surface area contributed by atoms with Gasteiger partial charge >= 0.3 is 0 Å². The Labute approximate surface area is 126 Å². The molecule has 6 heteroatoms. The van der Waals surface area contributed by atoms with Crippen molar-refractivity contribution in [2.75, 3.05) is 0 Å². The highest BCUT2D eigenvalue weighted by atomic mass is 15.5. The second-order valence-corrected chi connectivity index (χ2v) is 4.69. The van der Waals surface area contributed by atoms with Crippen LogP contribution in [0.1, 0.15) is 34.0 Å². The molecule has 0 radical (unpaired) electrons. The van der Waals surface area contributed by atoms with Crippen molar-refractivity contribution in [3.05, 3.63) is 76.6 Å². The zero-order chi connectivity index (χ0) is 15.4. The van der Waals surface area contributed by atoms with Gasteiger partial charge < -0.3 is 0 Å². The SMILES string of the molecule is N#Cc1ccc(C(c2ccc(C#N)cc2)c2nnn[nH]2)cc1. The van der Waals surface area contributed by atoms with Crippen molar-refractivity contribution in [1.29, 1.82) is 10.5 Å². The van der Waals surface area contributed by atoms with Crippen molar-refractivity contribution in [2.24, 2.45) is 0 Å². The average molecular weight is 286 g/mol. The van der Waals surface area contributed by atoms with Crippen LogP contribution in [0.2, 0.25) is 0 Å². The first-order valence-electron chi connectivity index (χ1n) is 6.55. The molecule has 0 spiro atoms. The summed E-state index contributed by atoms with van der Waals surface area (Å²) in [6.07, 6.45) is 0. The largest absolute Gasteiger partial charge is 0.242 e. The number of nitriles is 2. The number of H-pyrrole nitrogens is 1. The van der Waals surface area contributed by atoms with E-state index < -0.39 is 0 Å². The number of rotatable bonds is 3. The van der Waals surface area contributed by atoms with Crippen LogP contribution in [0.3, 0.4) is 0 Å². The van der Waals surface area contributed by atoms with E-state index in [0.29, 0.717) is 17.0 Å². The number of hydrogen-bond acceptors (Lipinski definition) is 5. The first-order valence-corrected chi connectivity index (χ1v) is 6.55. The molecule has 1 N–H and O–H groups in total. The van der Waals surface area contributed by atoms with Crippen LogP contribution < -0.4 is 0 Å². The van der Waals surface area contributed by atoms with E-state index in [9.17, 15) is 0 Å². The van der Waals surface area contributed by atoms with E-state index in [2.05, 4.69) is 32.8 Å². The molecule has 104 valence electrons. The summed E-state index contributed by atoms with van der Waals surface area (Å²) in [5.41, 5.74) is 3.11. The lowest BCUT2D eigenvalue weighted by atomic mass is 9.90. The van der Waals surface area contributed by atoms with Crippen LogP contribution in [0.15, 0.2) is 48.5 Å². The van der Waals surface area contributed by atoms with Crippen LogP contribution in [0.4, 0.5) is 0 Å². The molecule has 0 unspecified atom stereocenters. The Morgan fingerprint density at radius 2 is 1.32 bits per heavy atom. The summed E-state index contributed by atoms with van der Waals surface area (Å²) >= 11 is 0. The van der Waals surface area contributed by atoms with E-state index >= 15 is 0 Å². The van der Waals surface area contributed by atoms with Gasteiger partial charge in [-0.25, -0.2) is 5.10 Å². The maximum atomic E-state index is 8.91. The third kappa shape index (κ3) is 2.54. The van der Waals surface area contributed by atoms with E-state index in [1.54, 1.807) is 24.3 Å². The zero-order valence-electron chi connectivity index (χ0n) is 11.4. The monoisotopic (exact) mass is 286 g/mol. The minimum absolute atomic E-state index is 0.185. The molecule has 0 saturated heterocycles. The third-order valence-electron chi connectivity index (χ3n) is 3.38. The number of hydrogen-bond donors (Lipinski definition) is 1. The van der Waals surface area contributed by atoms with Gasteiger partial charge in [0.1, 0.15) is 0 Å². The van der Waals surface area contributed by atoms with Crippen molar-refractivity contribution in [3.63, 3.8) is 0 Å². The number of tetrazole rings is 1. The average Bonchev–Trinajstić information content (AvgIpc) is 3.10. The fourth-order valence-corrected chi connectivity index (χ4v) is 2.30. The van der Waals surface area contributed by atoms with Gasteiger partial charge in [0.05, 0.1) is 29.2 Å². The number of nitrogens with zero attached hydrogens (tertiary/aromatic N) is 5. The van der Waals surface area contributed by atoms with E-state index in [-0.39, 0.29) is 5.92 Å². The molecule has 3 aromatic rings. The Morgan fingerprint density at radius 1 is 0.818 bits per heavy atom. The first kappa shape index (κ1) is 13.5. The normalized spacial score (nSPS) is 10.1. The molecule has 22 heavy (non-hydrogen) atoms. The van der Waals surface area contributed by atoms with Crippen LogP contribution in [0.25, 0.3) is 0 Å². The highest BCUT2D eigenvalue weighted by Gasteiger charge is 2.20.